The van der Waals surface area contributed by atoms with Crippen molar-refractivity contribution in [3.8, 4) is 5.75 Å². The van der Waals surface area contributed by atoms with Gasteiger partial charge in [-0.05, 0) is 37.1 Å². The maximum absolute atomic E-state index is 11.7. The Balaban J connectivity index is 2.47. The molecule has 2 N–H and O–H groups in total. The molecule has 1 aromatic carbocycles. The van der Waals surface area contributed by atoms with E-state index in [1.54, 1.807) is 25.3 Å². The van der Waals surface area contributed by atoms with Crippen molar-refractivity contribution < 1.29 is 14.1 Å². The minimum Gasteiger partial charge on any atom is -0.508 e. The number of benzene rings is 1. The van der Waals surface area contributed by atoms with E-state index < -0.39 is 10.8 Å². The summed E-state index contributed by atoms with van der Waals surface area (Å²) in [6, 6.07) is 4.73. The van der Waals surface area contributed by atoms with Crippen molar-refractivity contribution in [2.45, 2.75) is 13.3 Å². The lowest BCUT2D eigenvalue weighted by Crippen LogP contribution is -2.25. The van der Waals surface area contributed by atoms with Gasteiger partial charge in [-0.1, -0.05) is 0 Å². The molecular weight excluding hydrogens is 238 g/mol. The number of phenols is 1. The first kappa shape index (κ1) is 13.7. The van der Waals surface area contributed by atoms with Crippen molar-refractivity contribution in [1.29, 1.82) is 0 Å². The summed E-state index contributed by atoms with van der Waals surface area (Å²) in [7, 11) is -0.816. The highest BCUT2D eigenvalue weighted by molar-refractivity contribution is 7.84. The molecule has 0 fully saturated rings. The highest BCUT2D eigenvalue weighted by Crippen LogP contribution is 2.16. The van der Waals surface area contributed by atoms with Gasteiger partial charge in [0, 0.05) is 34.9 Å². The van der Waals surface area contributed by atoms with E-state index in [0.29, 0.717) is 29.8 Å². The van der Waals surface area contributed by atoms with E-state index in [1.807, 2.05) is 0 Å². The van der Waals surface area contributed by atoms with Crippen LogP contribution in [0.3, 0.4) is 0 Å². The molecule has 0 aromatic heterocycles. The number of hydrogen-bond acceptors (Lipinski definition) is 3. The predicted octanol–water partition coefficient (Wildman–Crippen LogP) is 1.20. The fraction of sp³-hybridized carbons (Fsp3) is 0.417. The molecule has 0 aliphatic rings. The van der Waals surface area contributed by atoms with Crippen molar-refractivity contribution in [1.82, 2.24) is 5.32 Å². The number of nitrogens with one attached hydrogen (secondary N) is 1. The summed E-state index contributed by atoms with van der Waals surface area (Å²) in [5.41, 5.74) is 1.20. The Hall–Kier alpha value is -1.36. The zero-order chi connectivity index (χ0) is 12.8. The molecule has 0 bridgehead atoms. The van der Waals surface area contributed by atoms with Crippen LogP contribution < -0.4 is 5.32 Å². The third-order valence-electron chi connectivity index (χ3n) is 2.35. The van der Waals surface area contributed by atoms with Gasteiger partial charge < -0.3 is 10.4 Å². The van der Waals surface area contributed by atoms with E-state index >= 15 is 0 Å². The highest BCUT2D eigenvalue weighted by Gasteiger charge is 2.06. The van der Waals surface area contributed by atoms with Gasteiger partial charge in [0.1, 0.15) is 5.75 Å². The molecule has 0 heterocycles. The van der Waals surface area contributed by atoms with Gasteiger partial charge in [0.15, 0.2) is 0 Å². The first-order chi connectivity index (χ1) is 8.00. The quantitative estimate of drug-likeness (QED) is 0.777. The second-order valence-corrected chi connectivity index (χ2v) is 5.44. The number of carbonyl (C=O) groups is 1. The van der Waals surface area contributed by atoms with Crippen LogP contribution in [0.15, 0.2) is 18.2 Å². The number of rotatable bonds is 5. The molecule has 4 nitrogen and oxygen atoms in total. The van der Waals surface area contributed by atoms with Crippen LogP contribution in [-0.4, -0.2) is 33.8 Å². The standard InChI is InChI=1S/C12H17NO3S/c1-9-8-10(4-5-11(9)14)12(15)13-6-3-7-17(2)16/h4-5,8,14H,3,6-7H2,1-2H3,(H,13,15). The van der Waals surface area contributed by atoms with E-state index in [1.165, 1.54) is 6.07 Å². The Morgan fingerprint density at radius 1 is 1.47 bits per heavy atom. The Labute approximate surface area is 104 Å². The monoisotopic (exact) mass is 255 g/mol. The van der Waals surface area contributed by atoms with E-state index in [0.717, 1.165) is 0 Å². The lowest BCUT2D eigenvalue weighted by atomic mass is 10.1. The van der Waals surface area contributed by atoms with Gasteiger partial charge in [0.2, 0.25) is 0 Å². The first-order valence-corrected chi connectivity index (χ1v) is 7.11. The third-order valence-corrected chi connectivity index (χ3v) is 3.22. The molecule has 0 saturated heterocycles. The van der Waals surface area contributed by atoms with Crippen LogP contribution in [-0.2, 0) is 10.8 Å². The number of amides is 1. The van der Waals surface area contributed by atoms with Crippen LogP contribution in [0.2, 0.25) is 0 Å². The smallest absolute Gasteiger partial charge is 0.251 e. The molecule has 0 radical (unpaired) electrons. The zero-order valence-electron chi connectivity index (χ0n) is 10.0. The fourth-order valence-electron chi connectivity index (χ4n) is 1.38. The Morgan fingerprint density at radius 3 is 2.76 bits per heavy atom. The Morgan fingerprint density at radius 2 is 2.18 bits per heavy atom. The molecular formula is C12H17NO3S. The van der Waals surface area contributed by atoms with E-state index in [9.17, 15) is 14.1 Å². The van der Waals surface area contributed by atoms with Crippen molar-refractivity contribution >= 4 is 16.7 Å². The van der Waals surface area contributed by atoms with Gasteiger partial charge in [-0.3, -0.25) is 9.00 Å². The molecule has 17 heavy (non-hydrogen) atoms. The fourth-order valence-corrected chi connectivity index (χ4v) is 1.93. The average molecular weight is 255 g/mol. The second-order valence-electron chi connectivity index (χ2n) is 3.89. The maximum atomic E-state index is 11.7. The van der Waals surface area contributed by atoms with Crippen LogP contribution in [0, 0.1) is 6.92 Å². The minimum absolute atomic E-state index is 0.171. The highest BCUT2D eigenvalue weighted by atomic mass is 32.2. The number of hydrogen-bond donors (Lipinski definition) is 2. The lowest BCUT2D eigenvalue weighted by molar-refractivity contribution is 0.0953. The van der Waals surface area contributed by atoms with Crippen LogP contribution >= 0.6 is 0 Å². The Kier molecular flexibility index (Phi) is 5.15. The summed E-state index contributed by atoms with van der Waals surface area (Å²) in [5.74, 6) is 0.604. The van der Waals surface area contributed by atoms with Gasteiger partial charge in [0.05, 0.1) is 0 Å². The molecule has 94 valence electrons. The summed E-state index contributed by atoms with van der Waals surface area (Å²) in [5, 5.41) is 12.1. The number of phenolic OH excluding ortho intramolecular Hbond substituents is 1. The van der Waals surface area contributed by atoms with Gasteiger partial charge in [-0.15, -0.1) is 0 Å². The molecule has 0 spiro atoms. The minimum atomic E-state index is -0.816. The van der Waals surface area contributed by atoms with Crippen molar-refractivity contribution in [2.24, 2.45) is 0 Å². The average Bonchev–Trinajstić information content (AvgIpc) is 2.27. The summed E-state index contributed by atoms with van der Waals surface area (Å²) < 4.78 is 10.8. The molecule has 1 amide bonds. The number of aryl methyl sites for hydroxylation is 1. The van der Waals surface area contributed by atoms with Crippen molar-refractivity contribution in [2.75, 3.05) is 18.6 Å². The lowest BCUT2D eigenvalue weighted by Gasteiger charge is -2.06. The second kappa shape index (κ2) is 6.39. The molecule has 1 atom stereocenters. The third kappa shape index (κ3) is 4.56. The van der Waals surface area contributed by atoms with Gasteiger partial charge in [-0.2, -0.15) is 0 Å². The van der Waals surface area contributed by atoms with Crippen LogP contribution in [0.4, 0.5) is 0 Å². The van der Waals surface area contributed by atoms with Crippen LogP contribution in [0.1, 0.15) is 22.3 Å². The summed E-state index contributed by atoms with van der Waals surface area (Å²) in [6.07, 6.45) is 2.34. The number of aromatic hydroxyl groups is 1. The zero-order valence-corrected chi connectivity index (χ0v) is 10.8. The van der Waals surface area contributed by atoms with E-state index in [2.05, 4.69) is 5.32 Å². The molecule has 5 heteroatoms. The van der Waals surface area contributed by atoms with Gasteiger partial charge in [0.25, 0.3) is 5.91 Å². The normalized spacial score (nSPS) is 12.1. The Bertz CT molecular complexity index is 432. The SMILES string of the molecule is Cc1cc(C(=O)NCCCS(C)=O)ccc1O. The van der Waals surface area contributed by atoms with E-state index in [4.69, 9.17) is 0 Å². The number of carbonyl (C=O) groups excluding carboxylic acids is 1. The van der Waals surface area contributed by atoms with Gasteiger partial charge in [-0.25, -0.2) is 0 Å². The van der Waals surface area contributed by atoms with Crippen molar-refractivity contribution in [3.05, 3.63) is 29.3 Å². The summed E-state index contributed by atoms with van der Waals surface area (Å²) >= 11 is 0. The molecule has 1 unspecified atom stereocenters. The summed E-state index contributed by atoms with van der Waals surface area (Å²) in [4.78, 5) is 11.7. The van der Waals surface area contributed by atoms with Crippen LogP contribution in [0.25, 0.3) is 0 Å². The van der Waals surface area contributed by atoms with Crippen molar-refractivity contribution in [3.63, 3.8) is 0 Å². The summed E-state index contributed by atoms with van der Waals surface area (Å²) in [6.45, 7) is 2.25. The molecule has 1 rings (SSSR count). The topological polar surface area (TPSA) is 66.4 Å². The molecule has 0 aliphatic carbocycles. The molecule has 1 aromatic rings. The van der Waals surface area contributed by atoms with Crippen LogP contribution in [0.5, 0.6) is 5.75 Å². The largest absolute Gasteiger partial charge is 0.508 e. The van der Waals surface area contributed by atoms with Gasteiger partial charge >= 0.3 is 0 Å². The van der Waals surface area contributed by atoms with E-state index in [-0.39, 0.29) is 11.7 Å². The predicted molar refractivity (Wildman–Crippen MR) is 68.7 cm³/mol. The molecule has 0 saturated carbocycles. The molecule has 0 aliphatic heterocycles. The first-order valence-electron chi connectivity index (χ1n) is 5.38. The maximum Gasteiger partial charge on any atom is 0.251 e.